The molecule has 4 nitrogen and oxygen atoms in total. The molecule has 1 spiro atoms. The first-order valence-electron chi connectivity index (χ1n) is 8.34. The van der Waals surface area contributed by atoms with Gasteiger partial charge < -0.3 is 10.1 Å². The number of ether oxygens (including phenoxy) is 1. The van der Waals surface area contributed by atoms with Crippen LogP contribution >= 0.6 is 11.6 Å². The van der Waals surface area contributed by atoms with Gasteiger partial charge in [0.2, 0.25) is 5.91 Å². The highest BCUT2D eigenvalue weighted by molar-refractivity contribution is 6.30. The summed E-state index contributed by atoms with van der Waals surface area (Å²) in [6.07, 6.45) is 4.24. The van der Waals surface area contributed by atoms with Crippen molar-refractivity contribution in [2.45, 2.75) is 45.3 Å². The number of amides is 1. The van der Waals surface area contributed by atoms with Crippen LogP contribution in [0.15, 0.2) is 35.9 Å². The zero-order valence-electron chi connectivity index (χ0n) is 14.0. The molecule has 1 aromatic carbocycles. The van der Waals surface area contributed by atoms with E-state index >= 15 is 0 Å². The van der Waals surface area contributed by atoms with Crippen molar-refractivity contribution in [1.29, 1.82) is 0 Å². The lowest BCUT2D eigenvalue weighted by molar-refractivity contribution is -0.158. The molecule has 1 fully saturated rings. The summed E-state index contributed by atoms with van der Waals surface area (Å²) >= 11 is 5.88. The maximum Gasteiger partial charge on any atom is 0.334 e. The van der Waals surface area contributed by atoms with Gasteiger partial charge in [-0.1, -0.05) is 30.7 Å². The minimum absolute atomic E-state index is 0.0600. The smallest absolute Gasteiger partial charge is 0.334 e. The molecule has 3 rings (SSSR count). The number of esters is 1. The van der Waals surface area contributed by atoms with Crippen LogP contribution in [0.5, 0.6) is 0 Å². The molecule has 128 valence electrons. The standard InChI is InChI=1S/C19H22ClNO3/c1-12-7-8-19(10-13(2)18(23)24-19)16(9-12)17(22)21-11-14-3-5-15(20)6-4-14/h3-6,10,12,16H,7-9,11H2,1-2H3,(H,21,22). The van der Waals surface area contributed by atoms with Crippen molar-refractivity contribution in [3.63, 3.8) is 0 Å². The molecule has 1 N–H and O–H groups in total. The van der Waals surface area contributed by atoms with E-state index in [9.17, 15) is 9.59 Å². The maximum absolute atomic E-state index is 12.8. The fourth-order valence-electron chi connectivity index (χ4n) is 3.61. The average Bonchev–Trinajstić information content (AvgIpc) is 2.84. The maximum atomic E-state index is 12.8. The molecule has 1 aliphatic carbocycles. The fourth-order valence-corrected chi connectivity index (χ4v) is 3.74. The van der Waals surface area contributed by atoms with Crippen molar-refractivity contribution >= 4 is 23.5 Å². The predicted octanol–water partition coefficient (Wildman–Crippen LogP) is 3.63. The highest BCUT2D eigenvalue weighted by Crippen LogP contribution is 2.44. The quantitative estimate of drug-likeness (QED) is 0.849. The molecule has 0 bridgehead atoms. The number of halogens is 1. The van der Waals surface area contributed by atoms with Crippen molar-refractivity contribution in [3.05, 3.63) is 46.5 Å². The Morgan fingerprint density at radius 3 is 2.71 bits per heavy atom. The Kier molecular flexibility index (Phi) is 4.68. The van der Waals surface area contributed by atoms with Gasteiger partial charge in [-0.3, -0.25) is 4.79 Å². The van der Waals surface area contributed by atoms with Gasteiger partial charge in [-0.05, 0) is 55.9 Å². The molecule has 3 atom stereocenters. The lowest BCUT2D eigenvalue weighted by Crippen LogP contribution is -2.49. The van der Waals surface area contributed by atoms with Crippen molar-refractivity contribution in [1.82, 2.24) is 5.32 Å². The monoisotopic (exact) mass is 347 g/mol. The molecule has 3 unspecified atom stereocenters. The third kappa shape index (κ3) is 3.34. The Labute approximate surface area is 147 Å². The number of carbonyl (C=O) groups excluding carboxylic acids is 2. The first-order chi connectivity index (χ1) is 11.4. The largest absolute Gasteiger partial charge is 0.451 e. The van der Waals surface area contributed by atoms with Gasteiger partial charge in [0.25, 0.3) is 0 Å². The van der Waals surface area contributed by atoms with Crippen LogP contribution in [0.2, 0.25) is 5.02 Å². The van der Waals surface area contributed by atoms with Crippen molar-refractivity contribution in [3.8, 4) is 0 Å². The van der Waals surface area contributed by atoms with E-state index in [-0.39, 0.29) is 17.8 Å². The Bertz CT molecular complexity index is 682. The van der Waals surface area contributed by atoms with Gasteiger partial charge in [-0.2, -0.15) is 0 Å². The average molecular weight is 348 g/mol. The van der Waals surface area contributed by atoms with Crippen LogP contribution in [0.4, 0.5) is 0 Å². The summed E-state index contributed by atoms with van der Waals surface area (Å²) in [5.41, 5.74) is 0.818. The Balaban J connectivity index is 1.73. The summed E-state index contributed by atoms with van der Waals surface area (Å²) < 4.78 is 5.64. The molecule has 5 heteroatoms. The van der Waals surface area contributed by atoms with Gasteiger partial charge in [-0.25, -0.2) is 4.79 Å². The zero-order chi connectivity index (χ0) is 17.3. The first kappa shape index (κ1) is 17.0. The van der Waals surface area contributed by atoms with E-state index in [1.165, 1.54) is 0 Å². The summed E-state index contributed by atoms with van der Waals surface area (Å²) in [6, 6.07) is 7.39. The van der Waals surface area contributed by atoms with Gasteiger partial charge in [0.1, 0.15) is 5.60 Å². The minimum Gasteiger partial charge on any atom is -0.451 e. The Morgan fingerprint density at radius 1 is 1.38 bits per heavy atom. The van der Waals surface area contributed by atoms with Crippen molar-refractivity contribution < 1.29 is 14.3 Å². The van der Waals surface area contributed by atoms with E-state index in [1.54, 1.807) is 19.1 Å². The van der Waals surface area contributed by atoms with Crippen LogP contribution in [0.3, 0.4) is 0 Å². The molecule has 0 saturated heterocycles. The number of carbonyl (C=O) groups is 2. The second-order valence-electron chi connectivity index (χ2n) is 6.95. The van der Waals surface area contributed by atoms with Crippen molar-refractivity contribution in [2.75, 3.05) is 0 Å². The predicted molar refractivity (Wildman–Crippen MR) is 92.4 cm³/mol. The summed E-state index contributed by atoms with van der Waals surface area (Å²) in [7, 11) is 0. The van der Waals surface area contributed by atoms with Gasteiger partial charge in [0.05, 0.1) is 5.92 Å². The molecule has 0 radical (unpaired) electrons. The van der Waals surface area contributed by atoms with Crippen LogP contribution in [0.1, 0.15) is 38.7 Å². The number of nitrogens with one attached hydrogen (secondary N) is 1. The molecule has 1 aromatic rings. The first-order valence-corrected chi connectivity index (χ1v) is 8.72. The van der Waals surface area contributed by atoms with Crippen LogP contribution in [0, 0.1) is 11.8 Å². The van der Waals surface area contributed by atoms with Gasteiger partial charge in [0, 0.05) is 17.1 Å². The zero-order valence-corrected chi connectivity index (χ0v) is 14.7. The van der Waals surface area contributed by atoms with E-state index in [0.29, 0.717) is 29.5 Å². The second-order valence-corrected chi connectivity index (χ2v) is 7.38. The molecule has 1 amide bonds. The molecular weight excluding hydrogens is 326 g/mol. The normalized spacial score (nSPS) is 29.3. The lowest BCUT2D eigenvalue weighted by Gasteiger charge is -2.40. The Hall–Kier alpha value is -1.81. The van der Waals surface area contributed by atoms with E-state index in [4.69, 9.17) is 16.3 Å². The summed E-state index contributed by atoms with van der Waals surface area (Å²) in [4.78, 5) is 24.7. The van der Waals surface area contributed by atoms with Gasteiger partial charge in [0.15, 0.2) is 0 Å². The number of hydrogen-bond acceptors (Lipinski definition) is 3. The van der Waals surface area contributed by atoms with Crippen LogP contribution in [-0.2, 0) is 20.9 Å². The third-order valence-corrected chi connectivity index (χ3v) is 5.27. The van der Waals surface area contributed by atoms with Crippen LogP contribution < -0.4 is 5.32 Å². The lowest BCUT2D eigenvalue weighted by atomic mass is 9.70. The number of rotatable bonds is 3. The molecule has 2 aliphatic rings. The molecule has 24 heavy (non-hydrogen) atoms. The highest BCUT2D eigenvalue weighted by Gasteiger charge is 2.51. The second kappa shape index (κ2) is 6.60. The third-order valence-electron chi connectivity index (χ3n) is 5.02. The summed E-state index contributed by atoms with van der Waals surface area (Å²) in [5.74, 6) is -0.264. The van der Waals surface area contributed by atoms with Crippen LogP contribution in [0.25, 0.3) is 0 Å². The van der Waals surface area contributed by atoms with E-state index in [0.717, 1.165) is 18.4 Å². The minimum atomic E-state index is -0.766. The number of hydrogen-bond donors (Lipinski definition) is 1. The SMILES string of the molecule is CC1=CC2(CCC(C)CC2C(=O)NCc2ccc(Cl)cc2)OC1=O. The molecule has 1 aliphatic heterocycles. The highest BCUT2D eigenvalue weighted by atomic mass is 35.5. The Morgan fingerprint density at radius 2 is 2.08 bits per heavy atom. The molecule has 1 saturated carbocycles. The van der Waals surface area contributed by atoms with Gasteiger partial charge in [-0.15, -0.1) is 0 Å². The molecule has 1 heterocycles. The number of benzene rings is 1. The molecular formula is C19H22ClNO3. The van der Waals surface area contributed by atoms with E-state index in [2.05, 4.69) is 12.2 Å². The fraction of sp³-hybridized carbons (Fsp3) is 0.474. The summed E-state index contributed by atoms with van der Waals surface area (Å²) in [6.45, 7) is 4.32. The molecule has 0 aromatic heterocycles. The summed E-state index contributed by atoms with van der Waals surface area (Å²) in [5, 5.41) is 3.66. The van der Waals surface area contributed by atoms with E-state index < -0.39 is 5.60 Å². The van der Waals surface area contributed by atoms with Crippen LogP contribution in [-0.4, -0.2) is 17.5 Å². The topological polar surface area (TPSA) is 55.4 Å². The van der Waals surface area contributed by atoms with E-state index in [1.807, 2.05) is 18.2 Å². The van der Waals surface area contributed by atoms with Gasteiger partial charge >= 0.3 is 5.97 Å². The van der Waals surface area contributed by atoms with Crippen molar-refractivity contribution in [2.24, 2.45) is 11.8 Å².